The summed E-state index contributed by atoms with van der Waals surface area (Å²) in [5.41, 5.74) is 2.85. The Hall–Kier alpha value is -2.49. The van der Waals surface area contributed by atoms with Crippen molar-refractivity contribution < 1.29 is 4.92 Å². The number of allylic oxidation sites excluding steroid dienone is 1. The van der Waals surface area contributed by atoms with Gasteiger partial charge in [-0.2, -0.15) is 0 Å². The molecule has 0 radical (unpaired) electrons. The van der Waals surface area contributed by atoms with Gasteiger partial charge in [0.1, 0.15) is 6.20 Å². The van der Waals surface area contributed by atoms with E-state index in [1.807, 2.05) is 30.3 Å². The molecule has 0 unspecified atom stereocenters. The molecular formula is C14H12N2O2. The average molecular weight is 240 g/mol. The van der Waals surface area contributed by atoms with E-state index in [0.29, 0.717) is 0 Å². The summed E-state index contributed by atoms with van der Waals surface area (Å²) in [5.74, 6) is 0. The molecule has 90 valence electrons. The second-order valence-electron chi connectivity index (χ2n) is 3.85. The van der Waals surface area contributed by atoms with E-state index in [-0.39, 0.29) is 5.69 Å². The predicted octanol–water partition coefficient (Wildman–Crippen LogP) is 3.39. The van der Waals surface area contributed by atoms with E-state index in [1.165, 1.54) is 17.8 Å². The number of hydrogen-bond donors (Lipinski definition) is 0. The predicted molar refractivity (Wildman–Crippen MR) is 70.2 cm³/mol. The van der Waals surface area contributed by atoms with Crippen molar-refractivity contribution in [3.8, 4) is 11.3 Å². The molecule has 4 nitrogen and oxygen atoms in total. The summed E-state index contributed by atoms with van der Waals surface area (Å²) < 4.78 is 0. The van der Waals surface area contributed by atoms with E-state index >= 15 is 0 Å². The van der Waals surface area contributed by atoms with Crippen LogP contribution in [0.15, 0.2) is 55.3 Å². The quantitative estimate of drug-likeness (QED) is 0.467. The number of pyridine rings is 1. The molecule has 0 saturated heterocycles. The second kappa shape index (κ2) is 5.23. The van der Waals surface area contributed by atoms with Crippen LogP contribution >= 0.6 is 0 Å². The summed E-state index contributed by atoms with van der Waals surface area (Å²) in [5, 5.41) is 10.5. The minimum absolute atomic E-state index is 0.00188. The highest BCUT2D eigenvalue weighted by Crippen LogP contribution is 2.20. The third kappa shape index (κ3) is 2.60. The highest BCUT2D eigenvalue weighted by Gasteiger charge is 2.06. The Balaban J connectivity index is 2.25. The highest BCUT2D eigenvalue weighted by atomic mass is 16.6. The van der Waals surface area contributed by atoms with Gasteiger partial charge < -0.3 is 0 Å². The van der Waals surface area contributed by atoms with Crippen molar-refractivity contribution in [3.05, 3.63) is 70.9 Å². The van der Waals surface area contributed by atoms with Gasteiger partial charge in [0.05, 0.1) is 10.6 Å². The molecule has 0 aliphatic rings. The van der Waals surface area contributed by atoms with Crippen molar-refractivity contribution in [1.82, 2.24) is 4.98 Å². The zero-order valence-corrected chi connectivity index (χ0v) is 9.74. The Kier molecular flexibility index (Phi) is 3.48. The number of rotatable bonds is 4. The summed E-state index contributed by atoms with van der Waals surface area (Å²) in [7, 11) is 0. The van der Waals surface area contributed by atoms with Gasteiger partial charge in [-0.1, -0.05) is 30.3 Å². The number of aromatic nitrogens is 1. The molecule has 0 N–H and O–H groups in total. The summed E-state index contributed by atoms with van der Waals surface area (Å²) in [6.45, 7) is 3.69. The first-order chi connectivity index (χ1) is 8.70. The third-order valence-corrected chi connectivity index (χ3v) is 2.59. The Labute approximate surface area is 105 Å². The molecule has 2 aromatic rings. The van der Waals surface area contributed by atoms with Crippen LogP contribution in [0.5, 0.6) is 0 Å². The van der Waals surface area contributed by atoms with Crippen LogP contribution in [0.4, 0.5) is 5.69 Å². The van der Waals surface area contributed by atoms with Crippen LogP contribution in [0.25, 0.3) is 11.3 Å². The van der Waals surface area contributed by atoms with Gasteiger partial charge in [-0.05, 0) is 18.1 Å². The second-order valence-corrected chi connectivity index (χ2v) is 3.85. The first-order valence-corrected chi connectivity index (χ1v) is 5.51. The number of benzene rings is 1. The van der Waals surface area contributed by atoms with Gasteiger partial charge in [-0.3, -0.25) is 10.1 Å². The minimum atomic E-state index is -0.454. The lowest BCUT2D eigenvalue weighted by molar-refractivity contribution is -0.385. The van der Waals surface area contributed by atoms with Crippen molar-refractivity contribution in [2.45, 2.75) is 6.42 Å². The van der Waals surface area contributed by atoms with Crippen LogP contribution in [-0.2, 0) is 6.42 Å². The molecule has 0 amide bonds. The fraction of sp³-hybridized carbons (Fsp3) is 0.0714. The van der Waals surface area contributed by atoms with E-state index in [1.54, 1.807) is 6.07 Å². The van der Waals surface area contributed by atoms with Crippen LogP contribution in [0.2, 0.25) is 0 Å². The normalized spacial score (nSPS) is 10.0. The first kappa shape index (κ1) is 12.0. The van der Waals surface area contributed by atoms with Gasteiger partial charge in [0.2, 0.25) is 0 Å². The first-order valence-electron chi connectivity index (χ1n) is 5.51. The fourth-order valence-electron chi connectivity index (χ4n) is 1.64. The molecule has 0 aliphatic carbocycles. The molecule has 0 fully saturated rings. The summed E-state index contributed by atoms with van der Waals surface area (Å²) in [6, 6.07) is 11.0. The third-order valence-electron chi connectivity index (χ3n) is 2.59. The maximum Gasteiger partial charge on any atom is 0.287 e. The molecule has 0 saturated carbocycles. The van der Waals surface area contributed by atoms with E-state index in [2.05, 4.69) is 11.6 Å². The van der Waals surface area contributed by atoms with Crippen LogP contribution in [-0.4, -0.2) is 9.91 Å². The molecule has 4 heteroatoms. The van der Waals surface area contributed by atoms with E-state index in [9.17, 15) is 10.1 Å². The Morgan fingerprint density at radius 1 is 1.22 bits per heavy atom. The lowest BCUT2D eigenvalue weighted by Gasteiger charge is -2.02. The van der Waals surface area contributed by atoms with Gasteiger partial charge in [-0.25, -0.2) is 4.98 Å². The molecule has 0 bridgehead atoms. The maximum absolute atomic E-state index is 10.5. The van der Waals surface area contributed by atoms with Gasteiger partial charge in [0.15, 0.2) is 0 Å². The van der Waals surface area contributed by atoms with E-state index in [4.69, 9.17) is 0 Å². The molecule has 1 aromatic heterocycles. The van der Waals surface area contributed by atoms with Crippen molar-refractivity contribution in [2.75, 3.05) is 0 Å². The highest BCUT2D eigenvalue weighted by molar-refractivity contribution is 5.60. The topological polar surface area (TPSA) is 56.0 Å². The van der Waals surface area contributed by atoms with Gasteiger partial charge in [0.25, 0.3) is 5.69 Å². The molecule has 2 rings (SSSR count). The standard InChI is InChI=1S/C14H12N2O2/c1-2-3-11-4-6-12(7-5-11)14-9-8-13(10-15-14)16(17)18/h2,4-10H,1,3H2. The smallest absolute Gasteiger partial charge is 0.258 e. The SMILES string of the molecule is C=CCc1ccc(-c2ccc([N+](=O)[O-])cn2)cc1. The molecule has 0 spiro atoms. The lowest BCUT2D eigenvalue weighted by atomic mass is 10.1. The van der Waals surface area contributed by atoms with Crippen molar-refractivity contribution in [3.63, 3.8) is 0 Å². The average Bonchev–Trinajstić information content (AvgIpc) is 2.40. The number of hydrogen-bond acceptors (Lipinski definition) is 3. The summed E-state index contributed by atoms with van der Waals surface area (Å²) >= 11 is 0. The summed E-state index contributed by atoms with van der Waals surface area (Å²) in [6.07, 6.45) is 3.94. The Morgan fingerprint density at radius 2 is 1.94 bits per heavy atom. The molecule has 18 heavy (non-hydrogen) atoms. The molecule has 1 heterocycles. The fourth-order valence-corrected chi connectivity index (χ4v) is 1.64. The van der Waals surface area contributed by atoms with Crippen molar-refractivity contribution in [2.24, 2.45) is 0 Å². The van der Waals surface area contributed by atoms with Crippen LogP contribution < -0.4 is 0 Å². The summed E-state index contributed by atoms with van der Waals surface area (Å²) in [4.78, 5) is 14.2. The number of nitrogens with zero attached hydrogens (tertiary/aromatic N) is 2. The van der Waals surface area contributed by atoms with E-state index in [0.717, 1.165) is 17.7 Å². The van der Waals surface area contributed by atoms with Crippen molar-refractivity contribution >= 4 is 5.69 Å². The van der Waals surface area contributed by atoms with E-state index < -0.39 is 4.92 Å². The monoisotopic (exact) mass is 240 g/mol. The maximum atomic E-state index is 10.5. The van der Waals surface area contributed by atoms with Gasteiger partial charge in [0, 0.05) is 11.6 Å². The van der Waals surface area contributed by atoms with Gasteiger partial charge in [-0.15, -0.1) is 6.58 Å². The molecule has 0 aliphatic heterocycles. The van der Waals surface area contributed by atoms with Crippen LogP contribution in [0, 0.1) is 10.1 Å². The molecule has 1 aromatic carbocycles. The zero-order chi connectivity index (χ0) is 13.0. The van der Waals surface area contributed by atoms with Crippen LogP contribution in [0.3, 0.4) is 0 Å². The van der Waals surface area contributed by atoms with Gasteiger partial charge >= 0.3 is 0 Å². The zero-order valence-electron chi connectivity index (χ0n) is 9.74. The molecular weight excluding hydrogens is 228 g/mol. The van der Waals surface area contributed by atoms with Crippen LogP contribution in [0.1, 0.15) is 5.56 Å². The lowest BCUT2D eigenvalue weighted by Crippen LogP contribution is -1.90. The van der Waals surface area contributed by atoms with Crippen molar-refractivity contribution in [1.29, 1.82) is 0 Å². The largest absolute Gasteiger partial charge is 0.287 e. The molecule has 0 atom stereocenters. The minimum Gasteiger partial charge on any atom is -0.258 e. The Bertz CT molecular complexity index is 559. The number of nitro groups is 1. The Morgan fingerprint density at radius 3 is 2.44 bits per heavy atom.